The first-order valence-electron chi connectivity index (χ1n) is 6.86. The lowest BCUT2D eigenvalue weighted by atomic mass is 10.1. The summed E-state index contributed by atoms with van der Waals surface area (Å²) < 4.78 is 27.1. The van der Waals surface area contributed by atoms with E-state index in [0.29, 0.717) is 29.9 Å². The average molecular weight is 317 g/mol. The molecule has 0 radical (unpaired) electrons. The fourth-order valence-electron chi connectivity index (χ4n) is 2.19. The molecule has 0 heterocycles. The number of rotatable bonds is 7. The molecule has 20 heavy (non-hydrogen) atoms. The molecule has 1 aliphatic carbocycles. The largest absolute Gasteiger partial charge is 0.316 e. The molecule has 1 aromatic carbocycles. The second kappa shape index (κ2) is 6.43. The Morgan fingerprint density at radius 3 is 2.65 bits per heavy atom. The van der Waals surface area contributed by atoms with Gasteiger partial charge in [0.2, 0.25) is 10.0 Å². The van der Waals surface area contributed by atoms with Gasteiger partial charge in [-0.05, 0) is 49.4 Å². The minimum Gasteiger partial charge on any atom is -0.316 e. The van der Waals surface area contributed by atoms with Crippen molar-refractivity contribution < 1.29 is 8.42 Å². The second-order valence-electron chi connectivity index (χ2n) is 5.45. The van der Waals surface area contributed by atoms with Crippen LogP contribution in [0, 0.1) is 11.8 Å². The van der Waals surface area contributed by atoms with Gasteiger partial charge in [-0.3, -0.25) is 0 Å². The van der Waals surface area contributed by atoms with Crippen molar-refractivity contribution in [3.05, 3.63) is 28.8 Å². The molecule has 2 rings (SSSR count). The highest BCUT2D eigenvalue weighted by atomic mass is 35.5. The van der Waals surface area contributed by atoms with Gasteiger partial charge in [-0.1, -0.05) is 24.6 Å². The summed E-state index contributed by atoms with van der Waals surface area (Å²) >= 11 is 6.11. The van der Waals surface area contributed by atoms with Crippen molar-refractivity contribution in [3.8, 4) is 0 Å². The molecular weight excluding hydrogens is 296 g/mol. The molecule has 1 saturated carbocycles. The fraction of sp³-hybridized carbons (Fsp3) is 0.571. The molecule has 1 fully saturated rings. The van der Waals surface area contributed by atoms with Crippen LogP contribution in [0.4, 0.5) is 0 Å². The van der Waals surface area contributed by atoms with Crippen LogP contribution < -0.4 is 10.0 Å². The normalized spacial score (nSPS) is 17.1. The van der Waals surface area contributed by atoms with Crippen LogP contribution in [-0.2, 0) is 16.6 Å². The van der Waals surface area contributed by atoms with Crippen LogP contribution >= 0.6 is 11.6 Å². The summed E-state index contributed by atoms with van der Waals surface area (Å²) in [6.45, 7) is 3.19. The standard InChI is InChI=1S/C14H21ClN2O2S/c1-10(11-3-4-11)8-17-20(18,19)13-6-5-12(9-16-2)14(15)7-13/h5-7,10-11,16-17H,3-4,8-9H2,1-2H3. The summed E-state index contributed by atoms with van der Waals surface area (Å²) in [6, 6.07) is 4.86. The molecule has 1 aromatic rings. The molecule has 2 N–H and O–H groups in total. The summed E-state index contributed by atoms with van der Waals surface area (Å²) in [7, 11) is -1.65. The third kappa shape index (κ3) is 3.95. The smallest absolute Gasteiger partial charge is 0.240 e. The topological polar surface area (TPSA) is 58.2 Å². The van der Waals surface area contributed by atoms with Gasteiger partial charge in [0.1, 0.15) is 0 Å². The van der Waals surface area contributed by atoms with E-state index in [1.54, 1.807) is 12.1 Å². The van der Waals surface area contributed by atoms with E-state index in [2.05, 4.69) is 17.0 Å². The van der Waals surface area contributed by atoms with Crippen LogP contribution in [-0.4, -0.2) is 22.0 Å². The molecule has 112 valence electrons. The molecular formula is C14H21ClN2O2S. The number of hydrogen-bond acceptors (Lipinski definition) is 3. The highest BCUT2D eigenvalue weighted by Gasteiger charge is 2.28. The summed E-state index contributed by atoms with van der Waals surface area (Å²) in [5, 5.41) is 3.46. The van der Waals surface area contributed by atoms with Gasteiger partial charge >= 0.3 is 0 Å². The molecule has 0 spiro atoms. The Hall–Kier alpha value is -0.620. The van der Waals surface area contributed by atoms with Crippen LogP contribution in [0.15, 0.2) is 23.1 Å². The van der Waals surface area contributed by atoms with Crippen LogP contribution in [0.5, 0.6) is 0 Å². The van der Waals surface area contributed by atoms with E-state index in [0.717, 1.165) is 5.56 Å². The molecule has 0 aromatic heterocycles. The fourth-order valence-corrected chi connectivity index (χ4v) is 3.67. The zero-order valence-electron chi connectivity index (χ0n) is 11.8. The Morgan fingerprint density at radius 1 is 1.40 bits per heavy atom. The number of halogens is 1. The molecule has 0 bridgehead atoms. The number of benzene rings is 1. The van der Waals surface area contributed by atoms with E-state index in [4.69, 9.17) is 11.6 Å². The summed E-state index contributed by atoms with van der Waals surface area (Å²) in [4.78, 5) is 0.227. The number of hydrogen-bond donors (Lipinski definition) is 2. The predicted molar refractivity (Wildman–Crippen MR) is 81.3 cm³/mol. The maximum Gasteiger partial charge on any atom is 0.240 e. The lowest BCUT2D eigenvalue weighted by Gasteiger charge is -2.13. The van der Waals surface area contributed by atoms with E-state index in [-0.39, 0.29) is 4.90 Å². The Balaban J connectivity index is 2.06. The first-order chi connectivity index (χ1) is 9.44. The molecule has 0 saturated heterocycles. The lowest BCUT2D eigenvalue weighted by molar-refractivity contribution is 0.492. The van der Waals surface area contributed by atoms with Crippen molar-refractivity contribution in [2.45, 2.75) is 31.2 Å². The predicted octanol–water partition coefficient (Wildman–Crippen LogP) is 2.38. The van der Waals surface area contributed by atoms with E-state index < -0.39 is 10.0 Å². The van der Waals surface area contributed by atoms with Crippen LogP contribution in [0.1, 0.15) is 25.3 Å². The summed E-state index contributed by atoms with van der Waals surface area (Å²) in [5.41, 5.74) is 0.888. The zero-order chi connectivity index (χ0) is 14.8. The van der Waals surface area contributed by atoms with Crippen molar-refractivity contribution in [3.63, 3.8) is 0 Å². The average Bonchev–Trinajstić information content (AvgIpc) is 3.23. The van der Waals surface area contributed by atoms with Crippen molar-refractivity contribution in [2.24, 2.45) is 11.8 Å². The molecule has 6 heteroatoms. The Morgan fingerprint density at radius 2 is 2.10 bits per heavy atom. The third-order valence-electron chi connectivity index (χ3n) is 3.72. The second-order valence-corrected chi connectivity index (χ2v) is 7.62. The van der Waals surface area contributed by atoms with Crippen LogP contribution in [0.25, 0.3) is 0 Å². The quantitative estimate of drug-likeness (QED) is 0.812. The molecule has 1 atom stereocenters. The van der Waals surface area contributed by atoms with Gasteiger partial charge in [0.05, 0.1) is 4.90 Å². The molecule has 0 aliphatic heterocycles. The minimum atomic E-state index is -3.47. The molecule has 0 amide bonds. The van der Waals surface area contributed by atoms with E-state index in [9.17, 15) is 8.42 Å². The van der Waals surface area contributed by atoms with E-state index in [1.807, 2.05) is 7.05 Å². The van der Waals surface area contributed by atoms with Crippen LogP contribution in [0.3, 0.4) is 0 Å². The Bertz CT molecular complexity index is 571. The molecule has 4 nitrogen and oxygen atoms in total. The summed E-state index contributed by atoms with van der Waals surface area (Å²) in [6.07, 6.45) is 2.43. The van der Waals surface area contributed by atoms with Crippen molar-refractivity contribution >= 4 is 21.6 Å². The number of sulfonamides is 1. The SMILES string of the molecule is CNCc1ccc(S(=O)(=O)NCC(C)C2CC2)cc1Cl. The van der Waals surface area contributed by atoms with Crippen molar-refractivity contribution in [1.82, 2.24) is 10.0 Å². The third-order valence-corrected chi connectivity index (χ3v) is 5.50. The van der Waals surface area contributed by atoms with Gasteiger partial charge in [0.25, 0.3) is 0 Å². The summed E-state index contributed by atoms with van der Waals surface area (Å²) in [5.74, 6) is 1.07. The monoisotopic (exact) mass is 316 g/mol. The van der Waals surface area contributed by atoms with E-state index in [1.165, 1.54) is 18.9 Å². The van der Waals surface area contributed by atoms with Gasteiger partial charge < -0.3 is 5.32 Å². The van der Waals surface area contributed by atoms with Crippen molar-refractivity contribution in [2.75, 3.05) is 13.6 Å². The highest BCUT2D eigenvalue weighted by Crippen LogP contribution is 2.36. The lowest BCUT2D eigenvalue weighted by Crippen LogP contribution is -2.29. The number of nitrogens with one attached hydrogen (secondary N) is 2. The Kier molecular flexibility index (Phi) is 5.07. The Labute approximate surface area is 126 Å². The minimum absolute atomic E-state index is 0.227. The zero-order valence-corrected chi connectivity index (χ0v) is 13.4. The first kappa shape index (κ1) is 15.8. The van der Waals surface area contributed by atoms with Crippen LogP contribution in [0.2, 0.25) is 5.02 Å². The maximum atomic E-state index is 12.2. The van der Waals surface area contributed by atoms with Gasteiger partial charge in [0.15, 0.2) is 0 Å². The van der Waals surface area contributed by atoms with Gasteiger partial charge in [-0.2, -0.15) is 0 Å². The van der Waals surface area contributed by atoms with Gasteiger partial charge in [0, 0.05) is 18.1 Å². The van der Waals surface area contributed by atoms with Gasteiger partial charge in [-0.25, -0.2) is 13.1 Å². The maximum absolute atomic E-state index is 12.2. The van der Waals surface area contributed by atoms with Crippen molar-refractivity contribution in [1.29, 1.82) is 0 Å². The van der Waals surface area contributed by atoms with E-state index >= 15 is 0 Å². The first-order valence-corrected chi connectivity index (χ1v) is 8.73. The highest BCUT2D eigenvalue weighted by molar-refractivity contribution is 7.89. The van der Waals surface area contributed by atoms with Gasteiger partial charge in [-0.15, -0.1) is 0 Å². The molecule has 1 aliphatic rings. The molecule has 1 unspecified atom stereocenters.